The highest BCUT2D eigenvalue weighted by atomic mass is 32.2. The number of thioether (sulfide) groups is 1. The second-order valence-corrected chi connectivity index (χ2v) is 7.60. The summed E-state index contributed by atoms with van der Waals surface area (Å²) < 4.78 is 0.870. The second-order valence-electron chi connectivity index (χ2n) is 5.26. The average Bonchev–Trinajstić information content (AvgIpc) is 2.86. The SMILES string of the molecule is Cc1nnc(S/C=C/C(=O)N[C@H]2CN3CCC2CC3)s1. The van der Waals surface area contributed by atoms with Gasteiger partial charge in [0.05, 0.1) is 0 Å². The van der Waals surface area contributed by atoms with E-state index in [1.165, 1.54) is 49.0 Å². The lowest BCUT2D eigenvalue weighted by molar-refractivity contribution is -0.118. The Balaban J connectivity index is 1.47. The molecule has 0 spiro atoms. The maximum absolute atomic E-state index is 11.9. The minimum atomic E-state index is -0.00233. The minimum absolute atomic E-state index is 0.00233. The molecule has 108 valence electrons. The van der Waals surface area contributed by atoms with Crippen molar-refractivity contribution in [3.63, 3.8) is 0 Å². The standard InChI is InChI=1S/C13H18N4OS2/c1-9-15-16-13(20-9)19-7-4-12(18)14-11-8-17-5-2-10(11)3-6-17/h4,7,10-11H,2-3,5-6,8H2,1H3,(H,14,18)/b7-4+/t11-/m0/s1. The number of rotatable bonds is 4. The summed E-state index contributed by atoms with van der Waals surface area (Å²) in [5, 5.41) is 13.8. The summed E-state index contributed by atoms with van der Waals surface area (Å²) >= 11 is 2.98. The molecule has 3 fully saturated rings. The van der Waals surface area contributed by atoms with Crippen LogP contribution < -0.4 is 5.32 Å². The summed E-state index contributed by atoms with van der Waals surface area (Å²) in [4.78, 5) is 14.4. The predicted molar refractivity (Wildman–Crippen MR) is 80.7 cm³/mol. The molecule has 20 heavy (non-hydrogen) atoms. The molecular formula is C13H18N4OS2. The van der Waals surface area contributed by atoms with Gasteiger partial charge in [0.2, 0.25) is 5.91 Å². The summed E-state index contributed by atoms with van der Waals surface area (Å²) in [7, 11) is 0. The average molecular weight is 310 g/mol. The van der Waals surface area contributed by atoms with Gasteiger partial charge >= 0.3 is 0 Å². The van der Waals surface area contributed by atoms with E-state index < -0.39 is 0 Å². The molecule has 7 heteroatoms. The van der Waals surface area contributed by atoms with Gasteiger partial charge in [-0.05, 0) is 44.2 Å². The number of carbonyl (C=O) groups is 1. The molecule has 5 nitrogen and oxygen atoms in total. The summed E-state index contributed by atoms with van der Waals surface area (Å²) in [5.41, 5.74) is 0. The molecule has 1 amide bonds. The van der Waals surface area contributed by atoms with E-state index in [-0.39, 0.29) is 5.91 Å². The Morgan fingerprint density at radius 2 is 2.25 bits per heavy atom. The summed E-state index contributed by atoms with van der Waals surface area (Å²) in [5.74, 6) is 0.660. The molecule has 1 aromatic rings. The summed E-state index contributed by atoms with van der Waals surface area (Å²) in [6.07, 6.45) is 4.03. The molecule has 1 aromatic heterocycles. The third kappa shape index (κ3) is 3.39. The number of piperidine rings is 3. The van der Waals surface area contributed by atoms with Crippen molar-refractivity contribution in [2.24, 2.45) is 5.92 Å². The van der Waals surface area contributed by atoms with Crippen LogP contribution in [0.1, 0.15) is 17.8 Å². The van der Waals surface area contributed by atoms with E-state index in [2.05, 4.69) is 20.4 Å². The number of hydrogen-bond acceptors (Lipinski definition) is 6. The highest BCUT2D eigenvalue weighted by Crippen LogP contribution is 2.27. The molecule has 0 aliphatic carbocycles. The van der Waals surface area contributed by atoms with Gasteiger partial charge in [0, 0.05) is 18.7 Å². The zero-order valence-corrected chi connectivity index (χ0v) is 13.0. The van der Waals surface area contributed by atoms with Crippen molar-refractivity contribution >= 4 is 29.0 Å². The topological polar surface area (TPSA) is 58.1 Å². The van der Waals surface area contributed by atoms with Crippen LogP contribution in [0.3, 0.4) is 0 Å². The van der Waals surface area contributed by atoms with Gasteiger partial charge in [-0.15, -0.1) is 10.2 Å². The lowest BCUT2D eigenvalue weighted by atomic mass is 9.84. The van der Waals surface area contributed by atoms with Crippen LogP contribution in [-0.2, 0) is 4.79 Å². The van der Waals surface area contributed by atoms with Gasteiger partial charge in [-0.25, -0.2) is 0 Å². The first-order valence-electron chi connectivity index (χ1n) is 6.87. The Bertz CT molecular complexity index is 508. The van der Waals surface area contributed by atoms with Crippen molar-refractivity contribution < 1.29 is 4.79 Å². The molecule has 3 saturated heterocycles. The van der Waals surface area contributed by atoms with E-state index in [4.69, 9.17) is 0 Å². The lowest BCUT2D eigenvalue weighted by Gasteiger charge is -2.44. The van der Waals surface area contributed by atoms with E-state index in [1.807, 2.05) is 6.92 Å². The van der Waals surface area contributed by atoms with Crippen LogP contribution in [-0.4, -0.2) is 46.7 Å². The van der Waals surface area contributed by atoms with Gasteiger partial charge in [0.15, 0.2) is 4.34 Å². The molecule has 4 rings (SSSR count). The van der Waals surface area contributed by atoms with Gasteiger partial charge in [0.1, 0.15) is 5.01 Å². The molecule has 0 saturated carbocycles. The first-order valence-corrected chi connectivity index (χ1v) is 8.56. The molecule has 1 N–H and O–H groups in total. The predicted octanol–water partition coefficient (Wildman–Crippen LogP) is 1.66. The van der Waals surface area contributed by atoms with Gasteiger partial charge in [-0.2, -0.15) is 0 Å². The summed E-state index contributed by atoms with van der Waals surface area (Å²) in [6, 6.07) is 0.323. The zero-order chi connectivity index (χ0) is 13.9. The van der Waals surface area contributed by atoms with Crippen LogP contribution in [0.2, 0.25) is 0 Å². The van der Waals surface area contributed by atoms with Crippen LogP contribution >= 0.6 is 23.1 Å². The number of nitrogens with zero attached hydrogens (tertiary/aromatic N) is 3. The molecule has 2 bridgehead atoms. The highest BCUT2D eigenvalue weighted by Gasteiger charge is 2.34. The molecule has 0 unspecified atom stereocenters. The fourth-order valence-corrected chi connectivity index (χ4v) is 4.37. The van der Waals surface area contributed by atoms with E-state index in [9.17, 15) is 4.79 Å². The number of nitrogens with one attached hydrogen (secondary N) is 1. The second kappa shape index (κ2) is 6.24. The molecule has 0 radical (unpaired) electrons. The monoisotopic (exact) mass is 310 g/mol. The highest BCUT2D eigenvalue weighted by molar-refractivity contribution is 8.03. The van der Waals surface area contributed by atoms with Gasteiger partial charge in [0.25, 0.3) is 0 Å². The van der Waals surface area contributed by atoms with E-state index in [0.29, 0.717) is 12.0 Å². The van der Waals surface area contributed by atoms with Crippen molar-refractivity contribution in [3.8, 4) is 0 Å². The third-order valence-electron chi connectivity index (χ3n) is 3.88. The largest absolute Gasteiger partial charge is 0.348 e. The fourth-order valence-electron chi connectivity index (χ4n) is 2.84. The molecular weight excluding hydrogens is 292 g/mol. The normalized spacial score (nSPS) is 28.9. The molecule has 4 heterocycles. The van der Waals surface area contributed by atoms with Crippen LogP contribution in [0.25, 0.3) is 0 Å². The Morgan fingerprint density at radius 3 is 2.85 bits per heavy atom. The fraction of sp³-hybridized carbons (Fsp3) is 0.615. The third-order valence-corrected chi connectivity index (χ3v) is 5.61. The number of aromatic nitrogens is 2. The Kier molecular flexibility index (Phi) is 4.38. The van der Waals surface area contributed by atoms with Crippen molar-refractivity contribution in [1.82, 2.24) is 20.4 Å². The Labute approximate surface area is 126 Å². The molecule has 1 atom stereocenters. The van der Waals surface area contributed by atoms with E-state index in [1.54, 1.807) is 11.5 Å². The Hall–Kier alpha value is -0.920. The van der Waals surface area contributed by atoms with E-state index in [0.717, 1.165) is 15.9 Å². The molecule has 0 aromatic carbocycles. The van der Waals surface area contributed by atoms with Gasteiger partial charge in [-0.1, -0.05) is 23.1 Å². The number of hydrogen-bond donors (Lipinski definition) is 1. The van der Waals surface area contributed by atoms with Crippen LogP contribution in [0, 0.1) is 12.8 Å². The van der Waals surface area contributed by atoms with E-state index >= 15 is 0 Å². The quantitative estimate of drug-likeness (QED) is 0.677. The lowest BCUT2D eigenvalue weighted by Crippen LogP contribution is -2.57. The first kappa shape index (κ1) is 14.0. The first-order chi connectivity index (χ1) is 9.70. The Morgan fingerprint density at radius 1 is 1.45 bits per heavy atom. The van der Waals surface area contributed by atoms with Gasteiger partial charge in [-0.3, -0.25) is 4.79 Å². The van der Waals surface area contributed by atoms with Crippen LogP contribution in [0.5, 0.6) is 0 Å². The van der Waals surface area contributed by atoms with Gasteiger partial charge < -0.3 is 10.2 Å². The van der Waals surface area contributed by atoms with Crippen LogP contribution in [0.15, 0.2) is 15.8 Å². The minimum Gasteiger partial charge on any atom is -0.348 e. The number of fused-ring (bicyclic) bond motifs is 3. The maximum Gasteiger partial charge on any atom is 0.244 e. The summed E-state index contributed by atoms with van der Waals surface area (Å²) in [6.45, 7) is 5.32. The van der Waals surface area contributed by atoms with Crippen molar-refractivity contribution in [3.05, 3.63) is 16.5 Å². The smallest absolute Gasteiger partial charge is 0.244 e. The number of carbonyl (C=O) groups excluding carboxylic acids is 1. The number of amides is 1. The van der Waals surface area contributed by atoms with Crippen molar-refractivity contribution in [2.45, 2.75) is 30.1 Å². The number of aryl methyl sites for hydroxylation is 1. The maximum atomic E-state index is 11.9. The zero-order valence-electron chi connectivity index (χ0n) is 11.4. The van der Waals surface area contributed by atoms with Crippen LogP contribution in [0.4, 0.5) is 0 Å². The molecule has 3 aliphatic rings. The van der Waals surface area contributed by atoms with Crippen molar-refractivity contribution in [2.75, 3.05) is 19.6 Å². The molecule has 3 aliphatic heterocycles. The van der Waals surface area contributed by atoms with Crippen molar-refractivity contribution in [1.29, 1.82) is 0 Å².